The molecule has 1 saturated carbocycles. The quantitative estimate of drug-likeness (QED) is 0.777. The highest BCUT2D eigenvalue weighted by atomic mass is 32.2. The summed E-state index contributed by atoms with van der Waals surface area (Å²) in [6.45, 7) is 7.64. The van der Waals surface area contributed by atoms with Gasteiger partial charge >= 0.3 is 0 Å². The molecule has 1 aliphatic heterocycles. The van der Waals surface area contributed by atoms with E-state index in [9.17, 15) is 8.42 Å². The van der Waals surface area contributed by atoms with E-state index in [2.05, 4.69) is 24.1 Å². The maximum absolute atomic E-state index is 11.3. The maximum atomic E-state index is 11.3. The summed E-state index contributed by atoms with van der Waals surface area (Å²) in [5.74, 6) is 1.12. The Hall–Kier alpha value is -0.130. The Labute approximate surface area is 124 Å². The number of nitrogens with zero attached hydrogens (tertiary/aromatic N) is 1. The van der Waals surface area contributed by atoms with Gasteiger partial charge in [-0.25, -0.2) is 8.42 Å². The molecular weight excluding hydrogens is 272 g/mol. The third-order valence-electron chi connectivity index (χ3n) is 4.95. The van der Waals surface area contributed by atoms with Gasteiger partial charge in [-0.15, -0.1) is 0 Å². The molecular formula is C15H30N2O2S. The van der Waals surface area contributed by atoms with Crippen molar-refractivity contribution in [3.63, 3.8) is 0 Å². The fourth-order valence-electron chi connectivity index (χ4n) is 3.52. The van der Waals surface area contributed by atoms with E-state index in [1.54, 1.807) is 0 Å². The minimum Gasteiger partial charge on any atom is -0.311 e. The van der Waals surface area contributed by atoms with Crippen LogP contribution in [0.4, 0.5) is 0 Å². The van der Waals surface area contributed by atoms with Crippen molar-refractivity contribution in [2.75, 3.05) is 31.6 Å². The van der Waals surface area contributed by atoms with Crippen LogP contribution in [-0.4, -0.2) is 56.5 Å². The van der Waals surface area contributed by atoms with Gasteiger partial charge in [0.2, 0.25) is 0 Å². The van der Waals surface area contributed by atoms with Crippen molar-refractivity contribution in [3.05, 3.63) is 0 Å². The molecule has 1 heterocycles. The molecule has 2 aliphatic rings. The first-order chi connectivity index (χ1) is 9.35. The van der Waals surface area contributed by atoms with E-state index in [0.29, 0.717) is 11.8 Å². The number of hydrogen-bond donors (Lipinski definition) is 1. The van der Waals surface area contributed by atoms with Gasteiger partial charge in [-0.1, -0.05) is 13.3 Å². The van der Waals surface area contributed by atoms with Crippen LogP contribution in [0.25, 0.3) is 0 Å². The maximum Gasteiger partial charge on any atom is 0.147 e. The van der Waals surface area contributed by atoms with Crippen LogP contribution in [0.3, 0.4) is 0 Å². The first-order valence-corrected chi connectivity index (χ1v) is 10.1. The van der Waals surface area contributed by atoms with Crippen LogP contribution in [0, 0.1) is 5.92 Å². The van der Waals surface area contributed by atoms with Crippen LogP contribution in [0.1, 0.15) is 46.0 Å². The lowest BCUT2D eigenvalue weighted by atomic mass is 9.88. The smallest absolute Gasteiger partial charge is 0.147 e. The molecule has 1 aliphatic carbocycles. The number of sulfone groups is 1. The molecule has 0 bridgehead atoms. The number of rotatable bonds is 7. The van der Waals surface area contributed by atoms with Gasteiger partial charge in [-0.2, -0.15) is 0 Å². The lowest BCUT2D eigenvalue weighted by Crippen LogP contribution is -2.64. The van der Waals surface area contributed by atoms with Crippen LogP contribution in [-0.2, 0) is 9.84 Å². The predicted octanol–water partition coefficient (Wildman–Crippen LogP) is 1.66. The molecule has 0 aromatic heterocycles. The lowest BCUT2D eigenvalue weighted by Gasteiger charge is -2.49. The van der Waals surface area contributed by atoms with Crippen LogP contribution in [0.2, 0.25) is 0 Å². The molecule has 2 unspecified atom stereocenters. The molecule has 1 N–H and O–H groups in total. The van der Waals surface area contributed by atoms with E-state index in [1.165, 1.54) is 31.9 Å². The van der Waals surface area contributed by atoms with Gasteiger partial charge < -0.3 is 5.32 Å². The highest BCUT2D eigenvalue weighted by molar-refractivity contribution is 7.90. The first-order valence-electron chi connectivity index (χ1n) is 8.01. The molecule has 2 rings (SSSR count). The Morgan fingerprint density at radius 1 is 1.35 bits per heavy atom. The van der Waals surface area contributed by atoms with E-state index in [4.69, 9.17) is 0 Å². The summed E-state index contributed by atoms with van der Waals surface area (Å²) in [7, 11) is -2.83. The number of hydrogen-bond acceptors (Lipinski definition) is 4. The van der Waals surface area contributed by atoms with Gasteiger partial charge in [-0.3, -0.25) is 4.90 Å². The topological polar surface area (TPSA) is 49.4 Å². The van der Waals surface area contributed by atoms with Gasteiger partial charge in [0.25, 0.3) is 0 Å². The molecule has 0 spiro atoms. The molecule has 2 fully saturated rings. The average Bonchev–Trinajstić information content (AvgIpc) is 3.16. The van der Waals surface area contributed by atoms with E-state index in [-0.39, 0.29) is 5.54 Å². The second kappa shape index (κ2) is 6.32. The van der Waals surface area contributed by atoms with Gasteiger partial charge in [0.15, 0.2) is 0 Å². The molecule has 4 nitrogen and oxygen atoms in total. The van der Waals surface area contributed by atoms with Crippen molar-refractivity contribution in [2.45, 2.75) is 57.5 Å². The molecule has 2 atom stereocenters. The SMILES string of the molecule is CCCC1CN(CCCS(C)(=O)=O)C(C)(C2CC2)CN1. The molecule has 1 saturated heterocycles. The summed E-state index contributed by atoms with van der Waals surface area (Å²) >= 11 is 0. The molecule has 20 heavy (non-hydrogen) atoms. The van der Waals surface area contributed by atoms with Crippen molar-refractivity contribution in [1.29, 1.82) is 0 Å². The zero-order valence-corrected chi connectivity index (χ0v) is 14.0. The average molecular weight is 302 g/mol. The molecule has 0 radical (unpaired) electrons. The van der Waals surface area contributed by atoms with Crippen molar-refractivity contribution in [1.82, 2.24) is 10.2 Å². The summed E-state index contributed by atoms with van der Waals surface area (Å²) in [6, 6.07) is 0.574. The van der Waals surface area contributed by atoms with Gasteiger partial charge in [0, 0.05) is 30.9 Å². The van der Waals surface area contributed by atoms with Crippen LogP contribution >= 0.6 is 0 Å². The number of piperazine rings is 1. The molecule has 5 heteroatoms. The van der Waals surface area contributed by atoms with E-state index < -0.39 is 9.84 Å². The summed E-state index contributed by atoms with van der Waals surface area (Å²) < 4.78 is 22.6. The summed E-state index contributed by atoms with van der Waals surface area (Å²) in [6.07, 6.45) is 7.18. The Balaban J connectivity index is 1.94. The van der Waals surface area contributed by atoms with Crippen LogP contribution in [0.5, 0.6) is 0 Å². The first kappa shape index (κ1) is 16.2. The minimum atomic E-state index is -2.83. The standard InChI is InChI=1S/C15H30N2O2S/c1-4-6-14-11-17(9-5-10-20(3,18)19)15(2,12-16-14)13-7-8-13/h13-14,16H,4-12H2,1-3H3. The van der Waals surface area contributed by atoms with Crippen molar-refractivity contribution >= 4 is 9.84 Å². The largest absolute Gasteiger partial charge is 0.311 e. The second-order valence-corrected chi connectivity index (χ2v) is 9.19. The van der Waals surface area contributed by atoms with Crippen molar-refractivity contribution in [3.8, 4) is 0 Å². The normalized spacial score (nSPS) is 32.5. The van der Waals surface area contributed by atoms with E-state index >= 15 is 0 Å². The zero-order valence-electron chi connectivity index (χ0n) is 13.2. The van der Waals surface area contributed by atoms with Crippen LogP contribution < -0.4 is 5.32 Å². The lowest BCUT2D eigenvalue weighted by molar-refractivity contribution is 0.0334. The van der Waals surface area contributed by atoms with Gasteiger partial charge in [-0.05, 0) is 45.1 Å². The summed E-state index contributed by atoms with van der Waals surface area (Å²) in [4.78, 5) is 2.58. The highest BCUT2D eigenvalue weighted by Gasteiger charge is 2.47. The zero-order chi connectivity index (χ0) is 14.8. The Bertz CT molecular complexity index is 420. The third kappa shape index (κ3) is 4.18. The van der Waals surface area contributed by atoms with Gasteiger partial charge in [0.05, 0.1) is 5.75 Å². The van der Waals surface area contributed by atoms with Crippen molar-refractivity contribution < 1.29 is 8.42 Å². The Kier molecular flexibility index (Phi) is 5.14. The van der Waals surface area contributed by atoms with Crippen molar-refractivity contribution in [2.24, 2.45) is 5.92 Å². The Morgan fingerprint density at radius 3 is 2.60 bits per heavy atom. The third-order valence-corrected chi connectivity index (χ3v) is 5.98. The monoisotopic (exact) mass is 302 g/mol. The Morgan fingerprint density at radius 2 is 2.05 bits per heavy atom. The summed E-state index contributed by atoms with van der Waals surface area (Å²) in [5.41, 5.74) is 0.238. The highest BCUT2D eigenvalue weighted by Crippen LogP contribution is 2.44. The second-order valence-electron chi connectivity index (χ2n) is 6.93. The minimum absolute atomic E-state index is 0.238. The summed E-state index contributed by atoms with van der Waals surface area (Å²) in [5, 5.41) is 3.71. The fourth-order valence-corrected chi connectivity index (χ4v) is 4.17. The number of nitrogens with one attached hydrogen (secondary N) is 1. The molecule has 0 aromatic carbocycles. The fraction of sp³-hybridized carbons (Fsp3) is 1.00. The van der Waals surface area contributed by atoms with E-state index in [1.807, 2.05) is 0 Å². The van der Waals surface area contributed by atoms with E-state index in [0.717, 1.165) is 32.0 Å². The molecule has 0 aromatic rings. The van der Waals surface area contributed by atoms with Crippen LogP contribution in [0.15, 0.2) is 0 Å². The molecule has 118 valence electrons. The molecule has 0 amide bonds. The van der Waals surface area contributed by atoms with Gasteiger partial charge in [0.1, 0.15) is 9.84 Å². The predicted molar refractivity (Wildman–Crippen MR) is 83.7 cm³/mol.